The number of benzene rings is 1. The molecule has 1 heterocycles. The molecule has 6 nitrogen and oxygen atoms in total. The number of amides is 1. The zero-order valence-corrected chi connectivity index (χ0v) is 17.6. The van der Waals surface area contributed by atoms with Gasteiger partial charge < -0.3 is 10.6 Å². The maximum absolute atomic E-state index is 12.9. The molecule has 2 rings (SSSR count). The lowest BCUT2D eigenvalue weighted by Gasteiger charge is -2.41. The number of hydrogen-bond donors (Lipinski definition) is 1. The maximum Gasteiger partial charge on any atom is 0.253 e. The molecule has 1 aliphatic rings. The van der Waals surface area contributed by atoms with Gasteiger partial charge in [-0.25, -0.2) is 8.42 Å². The van der Waals surface area contributed by atoms with Crippen LogP contribution in [0.25, 0.3) is 0 Å². The molecule has 0 spiro atoms. The van der Waals surface area contributed by atoms with Crippen LogP contribution in [0.5, 0.6) is 0 Å². The Bertz CT molecular complexity index is 716. The van der Waals surface area contributed by atoms with Crippen LogP contribution in [0.15, 0.2) is 29.2 Å². The minimum absolute atomic E-state index is 0. The zero-order chi connectivity index (χ0) is 18.8. The summed E-state index contributed by atoms with van der Waals surface area (Å²) in [5.74, 6) is -0.0842. The third-order valence-electron chi connectivity index (χ3n) is 5.07. The van der Waals surface area contributed by atoms with E-state index in [1.54, 1.807) is 17.0 Å². The molecule has 148 valence electrons. The minimum atomic E-state index is -3.58. The minimum Gasteiger partial charge on any atom is -0.339 e. The van der Waals surface area contributed by atoms with Crippen molar-refractivity contribution in [2.75, 3.05) is 26.2 Å². The first-order valence-corrected chi connectivity index (χ1v) is 10.2. The van der Waals surface area contributed by atoms with Crippen molar-refractivity contribution in [2.24, 2.45) is 11.1 Å². The van der Waals surface area contributed by atoms with Crippen LogP contribution in [0.1, 0.15) is 44.5 Å². The molecular formula is C18H30ClN3O3S. The van der Waals surface area contributed by atoms with E-state index >= 15 is 0 Å². The number of sulfonamides is 1. The van der Waals surface area contributed by atoms with Crippen molar-refractivity contribution in [1.82, 2.24) is 9.21 Å². The van der Waals surface area contributed by atoms with E-state index in [-0.39, 0.29) is 34.7 Å². The number of halogens is 1. The fraction of sp³-hybridized carbons (Fsp3) is 0.611. The molecule has 1 unspecified atom stereocenters. The van der Waals surface area contributed by atoms with Crippen molar-refractivity contribution in [2.45, 2.75) is 45.1 Å². The van der Waals surface area contributed by atoms with Crippen molar-refractivity contribution in [3.05, 3.63) is 29.8 Å². The van der Waals surface area contributed by atoms with Crippen LogP contribution in [0.2, 0.25) is 0 Å². The third kappa shape index (κ3) is 4.57. The van der Waals surface area contributed by atoms with Crippen molar-refractivity contribution in [1.29, 1.82) is 0 Å². The Morgan fingerprint density at radius 2 is 1.77 bits per heavy atom. The molecule has 1 amide bonds. The highest BCUT2D eigenvalue weighted by Gasteiger charge is 2.38. The van der Waals surface area contributed by atoms with Gasteiger partial charge in [-0.3, -0.25) is 4.79 Å². The van der Waals surface area contributed by atoms with Crippen LogP contribution in [-0.4, -0.2) is 55.8 Å². The van der Waals surface area contributed by atoms with Gasteiger partial charge in [-0.05, 0) is 49.9 Å². The molecule has 0 aliphatic carbocycles. The highest BCUT2D eigenvalue weighted by Crippen LogP contribution is 2.31. The van der Waals surface area contributed by atoms with Crippen molar-refractivity contribution < 1.29 is 13.2 Å². The van der Waals surface area contributed by atoms with Crippen molar-refractivity contribution >= 4 is 28.3 Å². The third-order valence-corrected chi connectivity index (χ3v) is 6.93. The van der Waals surface area contributed by atoms with E-state index in [2.05, 4.69) is 0 Å². The molecule has 1 aliphatic heterocycles. The smallest absolute Gasteiger partial charge is 0.253 e. The number of nitrogens with two attached hydrogens (primary N) is 1. The van der Waals surface area contributed by atoms with Gasteiger partial charge in [0.05, 0.1) is 4.90 Å². The first kappa shape index (κ1) is 22.9. The molecule has 1 saturated heterocycles. The second kappa shape index (κ2) is 8.69. The van der Waals surface area contributed by atoms with E-state index in [0.29, 0.717) is 38.2 Å². The second-order valence-corrected chi connectivity index (χ2v) is 9.16. The molecule has 1 aromatic carbocycles. The summed E-state index contributed by atoms with van der Waals surface area (Å²) in [4.78, 5) is 14.3. The molecule has 0 radical (unpaired) electrons. The topological polar surface area (TPSA) is 83.7 Å². The van der Waals surface area contributed by atoms with Crippen LogP contribution in [-0.2, 0) is 10.0 Å². The molecule has 8 heteroatoms. The predicted molar refractivity (Wildman–Crippen MR) is 106 cm³/mol. The van der Waals surface area contributed by atoms with Gasteiger partial charge in [0, 0.05) is 37.8 Å². The van der Waals surface area contributed by atoms with Gasteiger partial charge in [0.2, 0.25) is 10.0 Å². The Labute approximate surface area is 163 Å². The number of carbonyl (C=O) groups is 1. The van der Waals surface area contributed by atoms with Crippen LogP contribution in [0.4, 0.5) is 0 Å². The Morgan fingerprint density at radius 1 is 1.23 bits per heavy atom. The van der Waals surface area contributed by atoms with Crippen molar-refractivity contribution in [3.8, 4) is 0 Å². The summed E-state index contributed by atoms with van der Waals surface area (Å²) < 4.78 is 27.3. The van der Waals surface area contributed by atoms with E-state index in [4.69, 9.17) is 5.73 Å². The SMILES string of the molecule is CCN(CC)C(=O)c1ccc(S(=O)(=O)N2CCC(N)C(C)(C)C2)cc1.Cl. The number of nitrogens with zero attached hydrogens (tertiary/aromatic N) is 2. The van der Waals surface area contributed by atoms with E-state index < -0.39 is 10.0 Å². The lowest BCUT2D eigenvalue weighted by Crippen LogP contribution is -2.53. The highest BCUT2D eigenvalue weighted by atomic mass is 35.5. The van der Waals surface area contributed by atoms with E-state index in [1.165, 1.54) is 16.4 Å². The molecule has 1 atom stereocenters. The van der Waals surface area contributed by atoms with Crippen LogP contribution < -0.4 is 5.73 Å². The fourth-order valence-corrected chi connectivity index (χ4v) is 4.77. The molecule has 0 bridgehead atoms. The van der Waals surface area contributed by atoms with Gasteiger partial charge in [-0.1, -0.05) is 13.8 Å². The summed E-state index contributed by atoms with van der Waals surface area (Å²) in [5.41, 5.74) is 6.34. The lowest BCUT2D eigenvalue weighted by molar-refractivity contribution is 0.0773. The second-order valence-electron chi connectivity index (χ2n) is 7.22. The molecule has 1 aromatic rings. The lowest BCUT2D eigenvalue weighted by atomic mass is 9.81. The quantitative estimate of drug-likeness (QED) is 0.817. The molecule has 0 aromatic heterocycles. The van der Waals surface area contributed by atoms with Gasteiger partial charge in [0.1, 0.15) is 0 Å². The van der Waals surface area contributed by atoms with Gasteiger partial charge in [0.15, 0.2) is 0 Å². The van der Waals surface area contributed by atoms with Crippen LogP contribution in [0.3, 0.4) is 0 Å². The van der Waals surface area contributed by atoms with Gasteiger partial charge in [-0.2, -0.15) is 4.31 Å². The first-order valence-electron chi connectivity index (χ1n) is 8.78. The number of carbonyl (C=O) groups excluding carboxylic acids is 1. The Kier molecular flexibility index (Phi) is 7.65. The van der Waals surface area contributed by atoms with E-state index in [0.717, 1.165) is 0 Å². The van der Waals surface area contributed by atoms with Crippen LogP contribution in [0, 0.1) is 5.41 Å². The largest absolute Gasteiger partial charge is 0.339 e. The predicted octanol–water partition coefficient (Wildman–Crippen LogP) is 2.34. The molecule has 2 N–H and O–H groups in total. The number of rotatable bonds is 5. The van der Waals surface area contributed by atoms with Gasteiger partial charge in [0.25, 0.3) is 5.91 Å². The van der Waals surface area contributed by atoms with Gasteiger partial charge in [-0.15, -0.1) is 12.4 Å². The average molecular weight is 404 g/mol. The number of piperidine rings is 1. The average Bonchev–Trinajstić information content (AvgIpc) is 2.58. The maximum atomic E-state index is 12.9. The summed E-state index contributed by atoms with van der Waals surface area (Å²) in [7, 11) is -3.58. The summed E-state index contributed by atoms with van der Waals surface area (Å²) in [5, 5.41) is 0. The summed E-state index contributed by atoms with van der Waals surface area (Å²) >= 11 is 0. The highest BCUT2D eigenvalue weighted by molar-refractivity contribution is 7.89. The molecule has 1 fully saturated rings. The Morgan fingerprint density at radius 3 is 2.23 bits per heavy atom. The van der Waals surface area contributed by atoms with E-state index in [9.17, 15) is 13.2 Å². The van der Waals surface area contributed by atoms with E-state index in [1.807, 2.05) is 27.7 Å². The van der Waals surface area contributed by atoms with Gasteiger partial charge >= 0.3 is 0 Å². The Balaban J connectivity index is 0.00000338. The molecule has 0 saturated carbocycles. The fourth-order valence-electron chi connectivity index (χ4n) is 3.14. The first-order chi connectivity index (χ1) is 11.6. The monoisotopic (exact) mass is 403 g/mol. The standard InChI is InChI=1S/C18H29N3O3S.ClH/c1-5-20(6-2)17(22)14-7-9-15(10-8-14)25(23,24)21-12-11-16(19)18(3,4)13-21;/h7-10,16H,5-6,11-13,19H2,1-4H3;1H. The Hall–Kier alpha value is -1.15. The summed E-state index contributed by atoms with van der Waals surface area (Å²) in [6.45, 7) is 9.89. The zero-order valence-electron chi connectivity index (χ0n) is 15.9. The molecular weight excluding hydrogens is 374 g/mol. The molecule has 26 heavy (non-hydrogen) atoms. The normalized spacial score (nSPS) is 20.3. The summed E-state index contributed by atoms with van der Waals surface area (Å²) in [6, 6.07) is 6.22. The van der Waals surface area contributed by atoms with Crippen LogP contribution >= 0.6 is 12.4 Å². The number of hydrogen-bond acceptors (Lipinski definition) is 4. The van der Waals surface area contributed by atoms with Crippen molar-refractivity contribution in [3.63, 3.8) is 0 Å². The summed E-state index contributed by atoms with van der Waals surface area (Å²) in [6.07, 6.45) is 0.644.